The predicted octanol–water partition coefficient (Wildman–Crippen LogP) is 3.89. The van der Waals surface area contributed by atoms with Gasteiger partial charge in [0.15, 0.2) is 11.4 Å². The summed E-state index contributed by atoms with van der Waals surface area (Å²) < 4.78 is 86.5. The fourth-order valence-corrected chi connectivity index (χ4v) is 3.26. The van der Waals surface area contributed by atoms with E-state index in [1.165, 1.54) is 18.2 Å². The van der Waals surface area contributed by atoms with Crippen molar-refractivity contribution in [3.63, 3.8) is 0 Å². The summed E-state index contributed by atoms with van der Waals surface area (Å²) in [4.78, 5) is 16.4. The van der Waals surface area contributed by atoms with Crippen molar-refractivity contribution in [1.82, 2.24) is 15.1 Å². The summed E-state index contributed by atoms with van der Waals surface area (Å²) in [6.07, 6.45) is -6.73. The molecule has 0 unspecified atom stereocenters. The fourth-order valence-electron chi connectivity index (χ4n) is 3.06. The van der Waals surface area contributed by atoms with E-state index < -0.39 is 54.6 Å². The normalized spacial score (nSPS) is 15.8. The molecular formula is C21H21ClF6N6O3. The number of allylic oxidation sites excluding steroid dienone is 1. The van der Waals surface area contributed by atoms with Crippen LogP contribution in [-0.4, -0.2) is 47.1 Å². The number of rotatable bonds is 9. The second kappa shape index (κ2) is 10.6. The van der Waals surface area contributed by atoms with Crippen molar-refractivity contribution >= 4 is 35.1 Å². The molecule has 1 aliphatic rings. The maximum atomic E-state index is 13.7. The van der Waals surface area contributed by atoms with Gasteiger partial charge < -0.3 is 21.5 Å². The van der Waals surface area contributed by atoms with Crippen molar-refractivity contribution in [2.75, 3.05) is 13.2 Å². The first-order valence-electron chi connectivity index (χ1n) is 10.5. The molecule has 3 rings (SSSR count). The van der Waals surface area contributed by atoms with Crippen LogP contribution in [0.4, 0.5) is 32.2 Å². The van der Waals surface area contributed by atoms with Crippen LogP contribution in [0.15, 0.2) is 29.4 Å². The van der Waals surface area contributed by atoms with E-state index in [0.717, 1.165) is 24.1 Å². The van der Waals surface area contributed by atoms with Gasteiger partial charge in [0.2, 0.25) is 5.88 Å². The largest absolute Gasteiger partial charge is 0.522 e. The number of aliphatic imine (C=N–C) groups is 1. The van der Waals surface area contributed by atoms with Crippen molar-refractivity contribution in [2.24, 2.45) is 23.5 Å². The minimum Gasteiger partial charge on any atom is -0.474 e. The number of aromatic nitrogens is 2. The monoisotopic (exact) mass is 554 g/mol. The van der Waals surface area contributed by atoms with Crippen LogP contribution >= 0.6 is 11.6 Å². The number of benzene rings is 1. The molecule has 1 aliphatic carbocycles. The summed E-state index contributed by atoms with van der Waals surface area (Å²) in [5, 5.41) is 6.32. The number of nitrogens with two attached hydrogens (primary N) is 2. The molecule has 1 heterocycles. The van der Waals surface area contributed by atoms with Crippen LogP contribution in [0.25, 0.3) is 5.57 Å². The van der Waals surface area contributed by atoms with Crippen LogP contribution in [0.5, 0.6) is 5.88 Å². The second-order valence-corrected chi connectivity index (χ2v) is 8.36. The molecule has 9 nitrogen and oxygen atoms in total. The third kappa shape index (κ3) is 7.36. The van der Waals surface area contributed by atoms with Crippen LogP contribution in [-0.2, 0) is 18.0 Å². The lowest BCUT2D eigenvalue weighted by molar-refractivity contribution is -0.325. The van der Waals surface area contributed by atoms with Gasteiger partial charge in [-0.05, 0) is 30.5 Å². The number of hydrogen-bond donors (Lipinski definition) is 3. The zero-order valence-electron chi connectivity index (χ0n) is 19.1. The Kier molecular flexibility index (Phi) is 8.09. The molecule has 0 atom stereocenters. The van der Waals surface area contributed by atoms with Gasteiger partial charge in [-0.25, -0.2) is 9.67 Å². The lowest BCUT2D eigenvalue weighted by atomic mass is 10.0. The highest BCUT2D eigenvalue weighted by molar-refractivity contribution is 6.34. The molecule has 0 spiro atoms. The Hall–Kier alpha value is -3.30. The zero-order valence-corrected chi connectivity index (χ0v) is 19.8. The molecule has 16 heteroatoms. The number of alkyl halides is 6. The van der Waals surface area contributed by atoms with Gasteiger partial charge in [0.05, 0.1) is 22.9 Å². The molecule has 202 valence electrons. The molecule has 1 aromatic heterocycles. The highest BCUT2D eigenvalue weighted by Crippen LogP contribution is 2.42. The van der Waals surface area contributed by atoms with E-state index in [1.54, 1.807) is 0 Å². The highest BCUT2D eigenvalue weighted by Gasteiger charge is 2.42. The first-order valence-corrected chi connectivity index (χ1v) is 10.9. The van der Waals surface area contributed by atoms with Gasteiger partial charge in [-0.2, -0.15) is 13.2 Å². The summed E-state index contributed by atoms with van der Waals surface area (Å²) >= 11 is 6.12. The number of amides is 1. The number of carbonyl (C=O) groups excluding carboxylic acids is 1. The Morgan fingerprint density at radius 3 is 2.51 bits per heavy atom. The van der Waals surface area contributed by atoms with Crippen molar-refractivity contribution in [3.05, 3.63) is 46.1 Å². The standard InChI is InChI=1S/C21H21ClF6N6O3/c1-34-16(15(20(23,24)25)18(33-34)36-6-7-37-21(26,27)28)31-10-12(9-29)11-2-3-14(22)13(8-11)17(35)32-19(30)4-5-19/h2-3,8-10H,4-7,29-30H2,1H3,(H,32,35). The van der Waals surface area contributed by atoms with Crippen LogP contribution in [0, 0.1) is 0 Å². The quantitative estimate of drug-likeness (QED) is 0.187. The number of aryl methyl sites for hydroxylation is 1. The third-order valence-corrected chi connectivity index (χ3v) is 5.39. The first kappa shape index (κ1) is 28.3. The summed E-state index contributed by atoms with van der Waals surface area (Å²) in [6.45, 7) is -1.90. The van der Waals surface area contributed by atoms with Crippen molar-refractivity contribution in [3.8, 4) is 5.88 Å². The molecule has 0 bridgehead atoms. The summed E-state index contributed by atoms with van der Waals surface area (Å²) in [5.41, 5.74) is 9.81. The van der Waals surface area contributed by atoms with Gasteiger partial charge in [0.1, 0.15) is 6.61 Å². The molecule has 1 saturated carbocycles. The molecule has 2 aromatic rings. The van der Waals surface area contributed by atoms with Crippen LogP contribution in [0.1, 0.15) is 34.3 Å². The average Bonchev–Trinajstić information content (AvgIpc) is 3.41. The molecule has 0 radical (unpaired) electrons. The first-order chi connectivity index (χ1) is 17.1. The Labute approximate surface area is 211 Å². The molecule has 1 amide bonds. The lowest BCUT2D eigenvalue weighted by Crippen LogP contribution is -2.43. The van der Waals surface area contributed by atoms with Crippen molar-refractivity contribution in [2.45, 2.75) is 31.0 Å². The van der Waals surface area contributed by atoms with E-state index in [-0.39, 0.29) is 16.2 Å². The molecule has 5 N–H and O–H groups in total. The maximum Gasteiger partial charge on any atom is 0.522 e. The molecular weight excluding hydrogens is 534 g/mol. The van der Waals surface area contributed by atoms with Gasteiger partial charge in [-0.1, -0.05) is 17.7 Å². The second-order valence-electron chi connectivity index (χ2n) is 7.95. The van der Waals surface area contributed by atoms with E-state index >= 15 is 0 Å². The molecule has 0 aliphatic heterocycles. The Bertz CT molecular complexity index is 1220. The number of halogens is 7. The third-order valence-electron chi connectivity index (χ3n) is 5.06. The topological polar surface area (TPSA) is 130 Å². The summed E-state index contributed by atoms with van der Waals surface area (Å²) in [7, 11) is 1.14. The van der Waals surface area contributed by atoms with Crippen molar-refractivity contribution < 1.29 is 40.6 Å². The van der Waals surface area contributed by atoms with Crippen molar-refractivity contribution in [1.29, 1.82) is 0 Å². The van der Waals surface area contributed by atoms with Gasteiger partial charge >= 0.3 is 12.5 Å². The van der Waals surface area contributed by atoms with Gasteiger partial charge in [0, 0.05) is 25.0 Å². The van der Waals surface area contributed by atoms with E-state index in [1.807, 2.05) is 0 Å². The number of ether oxygens (including phenoxy) is 2. The SMILES string of the molecule is Cn1nc(OCCOC(F)(F)F)c(C(F)(F)F)c1N=CC(=CN)c1ccc(Cl)c(C(=O)NC2(N)CC2)c1. The smallest absolute Gasteiger partial charge is 0.474 e. The zero-order chi connectivity index (χ0) is 27.6. The minimum atomic E-state index is -5.01. The average molecular weight is 555 g/mol. The molecule has 0 saturated heterocycles. The van der Waals surface area contributed by atoms with Crippen LogP contribution < -0.4 is 21.5 Å². The summed E-state index contributed by atoms with van der Waals surface area (Å²) in [6, 6.07) is 4.25. The number of nitrogens with zero attached hydrogens (tertiary/aromatic N) is 3. The van der Waals surface area contributed by atoms with Gasteiger partial charge in [0.25, 0.3) is 5.91 Å². The highest BCUT2D eigenvalue weighted by atomic mass is 35.5. The number of carbonyl (C=O) groups is 1. The number of nitrogens with one attached hydrogen (secondary N) is 1. The summed E-state index contributed by atoms with van der Waals surface area (Å²) in [5.74, 6) is -2.22. The Morgan fingerprint density at radius 2 is 1.95 bits per heavy atom. The van der Waals surface area contributed by atoms with E-state index in [9.17, 15) is 31.1 Å². The number of hydrogen-bond acceptors (Lipinski definition) is 7. The molecule has 1 aromatic carbocycles. The maximum absolute atomic E-state index is 13.7. The predicted molar refractivity (Wildman–Crippen MR) is 121 cm³/mol. The van der Waals surface area contributed by atoms with E-state index in [2.05, 4.69) is 20.1 Å². The van der Waals surface area contributed by atoms with Crippen LogP contribution in [0.3, 0.4) is 0 Å². The molecule has 37 heavy (non-hydrogen) atoms. The fraction of sp³-hybridized carbons (Fsp3) is 0.381. The minimum absolute atomic E-state index is 0.0666. The Balaban J connectivity index is 1.86. The molecule has 1 fully saturated rings. The van der Waals surface area contributed by atoms with E-state index in [0.29, 0.717) is 18.4 Å². The van der Waals surface area contributed by atoms with Gasteiger partial charge in [-0.3, -0.25) is 9.53 Å². The lowest BCUT2D eigenvalue weighted by Gasteiger charge is -2.13. The van der Waals surface area contributed by atoms with Crippen LogP contribution in [0.2, 0.25) is 5.02 Å². The Morgan fingerprint density at radius 1 is 1.27 bits per heavy atom. The van der Waals surface area contributed by atoms with E-state index in [4.69, 9.17) is 27.8 Å². The van der Waals surface area contributed by atoms with Gasteiger partial charge in [-0.15, -0.1) is 18.3 Å².